The minimum absolute atomic E-state index is 0. The highest BCUT2D eigenvalue weighted by Crippen LogP contribution is 2.22. The number of hydrogen-bond acceptors (Lipinski definition) is 5. The summed E-state index contributed by atoms with van der Waals surface area (Å²) in [6.07, 6.45) is 0.471. The van der Waals surface area contributed by atoms with Gasteiger partial charge in [0.1, 0.15) is 5.75 Å². The molecule has 3 rings (SSSR count). The molecular weight excluding hydrogens is 555 g/mol. The van der Waals surface area contributed by atoms with E-state index in [4.69, 9.17) is 16.1 Å². The van der Waals surface area contributed by atoms with Crippen molar-refractivity contribution in [2.45, 2.75) is 26.5 Å². The molecule has 0 aliphatic rings. The van der Waals surface area contributed by atoms with Crippen LogP contribution in [0.25, 0.3) is 11.4 Å². The number of rotatable bonds is 8. The van der Waals surface area contributed by atoms with E-state index < -0.39 is 6.61 Å². The van der Waals surface area contributed by atoms with Crippen LogP contribution in [0, 0.1) is 6.92 Å². The second-order valence-electron chi connectivity index (χ2n) is 6.61. The van der Waals surface area contributed by atoms with E-state index in [2.05, 4.69) is 30.5 Å². The molecule has 0 atom stereocenters. The van der Waals surface area contributed by atoms with Gasteiger partial charge in [-0.25, -0.2) is 0 Å². The second kappa shape index (κ2) is 12.5. The SMILES string of the molecule is CN=C(NCCc1nc(-c2cccc(Cl)c2)no1)NCc1cc(C)ccc1OC(F)F.I. The third kappa shape index (κ3) is 7.59. The van der Waals surface area contributed by atoms with E-state index in [0.29, 0.717) is 41.2 Å². The number of aryl methyl sites for hydroxylation is 1. The van der Waals surface area contributed by atoms with Gasteiger partial charge < -0.3 is 19.9 Å². The van der Waals surface area contributed by atoms with Gasteiger partial charge in [-0.05, 0) is 25.1 Å². The molecule has 11 heteroatoms. The van der Waals surface area contributed by atoms with Crippen molar-refractivity contribution >= 4 is 41.5 Å². The molecule has 1 heterocycles. The van der Waals surface area contributed by atoms with Gasteiger partial charge >= 0.3 is 6.61 Å². The van der Waals surface area contributed by atoms with E-state index in [1.165, 1.54) is 6.07 Å². The minimum Gasteiger partial charge on any atom is -0.434 e. The number of hydrogen-bond donors (Lipinski definition) is 2. The third-order valence-corrected chi connectivity index (χ3v) is 4.52. The van der Waals surface area contributed by atoms with Crippen LogP contribution in [0.4, 0.5) is 8.78 Å². The predicted molar refractivity (Wildman–Crippen MR) is 130 cm³/mol. The van der Waals surface area contributed by atoms with Crippen LogP contribution in [0.2, 0.25) is 5.02 Å². The molecule has 0 bridgehead atoms. The highest BCUT2D eigenvalue weighted by Gasteiger charge is 2.12. The Labute approximate surface area is 206 Å². The van der Waals surface area contributed by atoms with Gasteiger partial charge in [0.25, 0.3) is 0 Å². The largest absolute Gasteiger partial charge is 0.434 e. The summed E-state index contributed by atoms with van der Waals surface area (Å²) in [5.74, 6) is 1.55. The summed E-state index contributed by atoms with van der Waals surface area (Å²) in [6.45, 7) is -0.260. The van der Waals surface area contributed by atoms with Gasteiger partial charge in [0.15, 0.2) is 5.96 Å². The molecular formula is C21H23ClF2IN5O2. The number of benzene rings is 2. The van der Waals surface area contributed by atoms with Crippen molar-refractivity contribution in [1.82, 2.24) is 20.8 Å². The number of ether oxygens (including phenoxy) is 1. The van der Waals surface area contributed by atoms with Crippen molar-refractivity contribution in [3.63, 3.8) is 0 Å². The van der Waals surface area contributed by atoms with Crippen LogP contribution in [0.15, 0.2) is 52.0 Å². The van der Waals surface area contributed by atoms with Gasteiger partial charge in [-0.2, -0.15) is 13.8 Å². The van der Waals surface area contributed by atoms with E-state index in [-0.39, 0.29) is 36.3 Å². The summed E-state index contributed by atoms with van der Waals surface area (Å²) < 4.78 is 35.1. The summed E-state index contributed by atoms with van der Waals surface area (Å²) in [5.41, 5.74) is 2.31. The first kappa shape index (κ1) is 25.8. The van der Waals surface area contributed by atoms with Gasteiger partial charge in [0.05, 0.1) is 0 Å². The average Bonchev–Trinajstić information content (AvgIpc) is 3.21. The zero-order valence-corrected chi connectivity index (χ0v) is 20.5. The van der Waals surface area contributed by atoms with Crippen LogP contribution in [-0.4, -0.2) is 36.3 Å². The first-order valence-electron chi connectivity index (χ1n) is 9.52. The van der Waals surface area contributed by atoms with Crippen LogP contribution in [-0.2, 0) is 13.0 Å². The third-order valence-electron chi connectivity index (χ3n) is 4.28. The quantitative estimate of drug-likeness (QED) is 0.227. The molecule has 0 aliphatic carbocycles. The molecule has 172 valence electrons. The highest BCUT2D eigenvalue weighted by molar-refractivity contribution is 14.0. The summed E-state index contributed by atoms with van der Waals surface area (Å²) in [4.78, 5) is 8.50. The van der Waals surface area contributed by atoms with Gasteiger partial charge in [-0.1, -0.05) is 46.6 Å². The molecule has 0 spiro atoms. The maximum absolute atomic E-state index is 12.6. The molecule has 0 amide bonds. The number of nitrogens with one attached hydrogen (secondary N) is 2. The lowest BCUT2D eigenvalue weighted by Gasteiger charge is -2.15. The average molecular weight is 578 g/mol. The highest BCUT2D eigenvalue weighted by atomic mass is 127. The Bertz CT molecular complexity index is 1050. The monoisotopic (exact) mass is 577 g/mol. The molecule has 7 nitrogen and oxygen atoms in total. The topological polar surface area (TPSA) is 84.6 Å². The number of alkyl halides is 2. The molecule has 0 saturated heterocycles. The molecule has 32 heavy (non-hydrogen) atoms. The normalized spacial score (nSPS) is 11.2. The maximum Gasteiger partial charge on any atom is 0.387 e. The molecule has 0 unspecified atom stereocenters. The molecule has 0 aliphatic heterocycles. The molecule has 0 fully saturated rings. The van der Waals surface area contributed by atoms with Gasteiger partial charge in [-0.15, -0.1) is 24.0 Å². The number of aromatic nitrogens is 2. The number of nitrogens with zero attached hydrogens (tertiary/aromatic N) is 3. The fraction of sp³-hybridized carbons (Fsp3) is 0.286. The maximum atomic E-state index is 12.6. The lowest BCUT2D eigenvalue weighted by molar-refractivity contribution is -0.0504. The summed E-state index contributed by atoms with van der Waals surface area (Å²) in [6, 6.07) is 12.2. The Hall–Kier alpha value is -2.47. The van der Waals surface area contributed by atoms with E-state index in [0.717, 1.165) is 11.1 Å². The van der Waals surface area contributed by atoms with Crippen LogP contribution in [0.3, 0.4) is 0 Å². The van der Waals surface area contributed by atoms with E-state index in [1.54, 1.807) is 31.3 Å². The van der Waals surface area contributed by atoms with Crippen LogP contribution in [0.5, 0.6) is 5.75 Å². The summed E-state index contributed by atoms with van der Waals surface area (Å²) >= 11 is 5.99. The van der Waals surface area contributed by atoms with Crippen LogP contribution >= 0.6 is 35.6 Å². The molecule has 0 radical (unpaired) electrons. The minimum atomic E-state index is -2.88. The first-order chi connectivity index (χ1) is 14.9. The lowest BCUT2D eigenvalue weighted by atomic mass is 10.1. The van der Waals surface area contributed by atoms with Crippen molar-refractivity contribution in [3.05, 3.63) is 64.5 Å². The van der Waals surface area contributed by atoms with Gasteiger partial charge in [0, 0.05) is 42.7 Å². The molecule has 2 aromatic carbocycles. The van der Waals surface area contributed by atoms with Crippen LogP contribution < -0.4 is 15.4 Å². The van der Waals surface area contributed by atoms with Gasteiger partial charge in [0.2, 0.25) is 11.7 Å². The van der Waals surface area contributed by atoms with Gasteiger partial charge in [-0.3, -0.25) is 4.99 Å². The molecule has 0 saturated carbocycles. The lowest BCUT2D eigenvalue weighted by Crippen LogP contribution is -2.38. The van der Waals surface area contributed by atoms with Crippen molar-refractivity contribution in [3.8, 4) is 17.1 Å². The van der Waals surface area contributed by atoms with E-state index >= 15 is 0 Å². The second-order valence-corrected chi connectivity index (χ2v) is 7.05. The Kier molecular flexibility index (Phi) is 10.1. The van der Waals surface area contributed by atoms with Crippen molar-refractivity contribution in [1.29, 1.82) is 0 Å². The number of halogens is 4. The Morgan fingerprint density at radius 2 is 2.03 bits per heavy atom. The fourth-order valence-electron chi connectivity index (χ4n) is 2.85. The Balaban J connectivity index is 0.00000363. The Morgan fingerprint density at radius 3 is 2.75 bits per heavy atom. The van der Waals surface area contributed by atoms with E-state index in [1.807, 2.05) is 19.1 Å². The smallest absolute Gasteiger partial charge is 0.387 e. The van der Waals surface area contributed by atoms with E-state index in [9.17, 15) is 8.78 Å². The van der Waals surface area contributed by atoms with Crippen molar-refractivity contribution in [2.75, 3.05) is 13.6 Å². The molecule has 2 N–H and O–H groups in total. The number of guanidine groups is 1. The van der Waals surface area contributed by atoms with Crippen LogP contribution in [0.1, 0.15) is 17.0 Å². The fourth-order valence-corrected chi connectivity index (χ4v) is 3.04. The zero-order valence-electron chi connectivity index (χ0n) is 17.4. The standard InChI is InChI=1S/C21H22ClF2N5O2.HI/c1-13-6-7-17(30-20(23)24)15(10-13)12-27-21(25-2)26-9-8-18-28-19(29-31-18)14-4-3-5-16(22)11-14;/h3-7,10-11,20H,8-9,12H2,1-2H3,(H2,25,26,27);1H. The summed E-state index contributed by atoms with van der Waals surface area (Å²) in [7, 11) is 1.62. The molecule has 3 aromatic rings. The zero-order chi connectivity index (χ0) is 22.2. The summed E-state index contributed by atoms with van der Waals surface area (Å²) in [5, 5.41) is 10.8. The molecule has 1 aromatic heterocycles. The van der Waals surface area contributed by atoms with Crippen molar-refractivity contribution in [2.24, 2.45) is 4.99 Å². The predicted octanol–water partition coefficient (Wildman–Crippen LogP) is 4.83. The Morgan fingerprint density at radius 1 is 1.22 bits per heavy atom. The van der Waals surface area contributed by atoms with Crippen molar-refractivity contribution < 1.29 is 18.0 Å². The number of aliphatic imine (C=N–C) groups is 1. The first-order valence-corrected chi connectivity index (χ1v) is 9.90.